The van der Waals surface area contributed by atoms with E-state index in [1.54, 1.807) is 24.9 Å². The Kier molecular flexibility index (Phi) is 3.35. The molecule has 0 fully saturated rings. The molecule has 2 N–H and O–H groups in total. The van der Waals surface area contributed by atoms with Gasteiger partial charge in [-0.1, -0.05) is 0 Å². The third-order valence-corrected chi connectivity index (χ3v) is 2.30. The molecule has 2 unspecified atom stereocenters. The van der Waals surface area contributed by atoms with Gasteiger partial charge in [-0.2, -0.15) is 17.7 Å². The normalized spacial score (nSPS) is 15.8. The maximum absolute atomic E-state index is 9.63. The molecule has 1 heterocycles. The lowest BCUT2D eigenvalue weighted by Crippen LogP contribution is -2.19. The molecule has 0 saturated carbocycles. The highest BCUT2D eigenvalue weighted by molar-refractivity contribution is 7.80. The molecule has 0 aliphatic heterocycles. The smallest absolute Gasteiger partial charge is 0.109 e. The fourth-order valence-corrected chi connectivity index (χ4v) is 1.42. The van der Waals surface area contributed by atoms with E-state index >= 15 is 0 Å². The van der Waals surface area contributed by atoms with Crippen LogP contribution in [0.1, 0.15) is 17.4 Å². The highest BCUT2D eigenvalue weighted by Crippen LogP contribution is 2.19. The number of aliphatic hydroxyl groups is 2. The van der Waals surface area contributed by atoms with E-state index in [-0.39, 0.29) is 5.75 Å². The van der Waals surface area contributed by atoms with E-state index < -0.39 is 12.2 Å². The molecule has 0 aromatic carbocycles. The van der Waals surface area contributed by atoms with E-state index in [1.807, 2.05) is 0 Å². The van der Waals surface area contributed by atoms with Crippen LogP contribution in [0.2, 0.25) is 0 Å². The Morgan fingerprint density at radius 2 is 2.23 bits per heavy atom. The van der Waals surface area contributed by atoms with Crippen LogP contribution < -0.4 is 0 Å². The molecule has 0 spiro atoms. The number of aryl methyl sites for hydroxylation is 2. The molecule has 1 aromatic rings. The van der Waals surface area contributed by atoms with Gasteiger partial charge in [0.15, 0.2) is 0 Å². The molecule has 13 heavy (non-hydrogen) atoms. The summed E-state index contributed by atoms with van der Waals surface area (Å²) < 4.78 is 1.61. The minimum atomic E-state index is -0.897. The van der Waals surface area contributed by atoms with Gasteiger partial charge < -0.3 is 10.2 Å². The van der Waals surface area contributed by atoms with Crippen LogP contribution in [0.4, 0.5) is 0 Å². The molecule has 5 heteroatoms. The zero-order valence-corrected chi connectivity index (χ0v) is 8.57. The molecule has 0 aliphatic carbocycles. The number of aliphatic hydroxyl groups excluding tert-OH is 2. The fourth-order valence-electron chi connectivity index (χ4n) is 1.22. The molecule has 0 radical (unpaired) electrons. The van der Waals surface area contributed by atoms with Crippen molar-refractivity contribution in [1.82, 2.24) is 9.78 Å². The van der Waals surface area contributed by atoms with Gasteiger partial charge in [0.2, 0.25) is 0 Å². The second kappa shape index (κ2) is 4.13. The lowest BCUT2D eigenvalue weighted by atomic mass is 10.1. The van der Waals surface area contributed by atoms with Crippen LogP contribution in [0.15, 0.2) is 6.20 Å². The Bertz CT molecular complexity index is 288. The summed E-state index contributed by atoms with van der Waals surface area (Å²) >= 11 is 3.91. The Morgan fingerprint density at radius 3 is 2.62 bits per heavy atom. The van der Waals surface area contributed by atoms with Crippen molar-refractivity contribution < 1.29 is 10.2 Å². The highest BCUT2D eigenvalue weighted by Gasteiger charge is 2.20. The molecule has 0 saturated heterocycles. The molecule has 1 rings (SSSR count). The first-order valence-corrected chi connectivity index (χ1v) is 4.66. The van der Waals surface area contributed by atoms with Gasteiger partial charge in [-0.15, -0.1) is 0 Å². The van der Waals surface area contributed by atoms with Crippen LogP contribution in [0, 0.1) is 6.92 Å². The SMILES string of the molecule is Cc1nn(C)cc1C(O)C(O)CS. The fraction of sp³-hybridized carbons (Fsp3) is 0.625. The highest BCUT2D eigenvalue weighted by atomic mass is 32.1. The predicted octanol–water partition coefficient (Wildman–Crippen LogP) is 0.0526. The first-order valence-electron chi connectivity index (χ1n) is 4.03. The quantitative estimate of drug-likeness (QED) is 0.607. The summed E-state index contributed by atoms with van der Waals surface area (Å²) in [5.74, 6) is 0.232. The molecule has 0 amide bonds. The number of aromatic nitrogens is 2. The Morgan fingerprint density at radius 1 is 1.62 bits per heavy atom. The van der Waals surface area contributed by atoms with Gasteiger partial charge in [0.25, 0.3) is 0 Å². The molecule has 0 bridgehead atoms. The zero-order chi connectivity index (χ0) is 10.0. The number of nitrogens with zero attached hydrogens (tertiary/aromatic N) is 2. The average molecular weight is 202 g/mol. The summed E-state index contributed by atoms with van der Waals surface area (Å²) in [6, 6.07) is 0. The van der Waals surface area contributed by atoms with E-state index in [1.165, 1.54) is 0 Å². The number of rotatable bonds is 3. The minimum absolute atomic E-state index is 0.232. The third kappa shape index (κ3) is 2.24. The second-order valence-corrected chi connectivity index (χ2v) is 3.40. The Labute approximate surface area is 82.6 Å². The van der Waals surface area contributed by atoms with Crippen LogP contribution in [-0.4, -0.2) is 31.9 Å². The second-order valence-electron chi connectivity index (χ2n) is 3.04. The van der Waals surface area contributed by atoms with E-state index in [9.17, 15) is 10.2 Å². The summed E-state index contributed by atoms with van der Waals surface area (Å²) in [5, 5.41) is 23.1. The van der Waals surface area contributed by atoms with Gasteiger partial charge in [0, 0.05) is 24.6 Å². The Balaban J connectivity index is 2.87. The van der Waals surface area contributed by atoms with Crippen molar-refractivity contribution in [2.45, 2.75) is 19.1 Å². The van der Waals surface area contributed by atoms with Crippen LogP contribution in [0.3, 0.4) is 0 Å². The molecule has 74 valence electrons. The molecular weight excluding hydrogens is 188 g/mol. The maximum atomic E-state index is 9.63. The van der Waals surface area contributed by atoms with Gasteiger partial charge in [0.1, 0.15) is 6.10 Å². The minimum Gasteiger partial charge on any atom is -0.389 e. The van der Waals surface area contributed by atoms with Crippen molar-refractivity contribution in [3.8, 4) is 0 Å². The van der Waals surface area contributed by atoms with Gasteiger partial charge >= 0.3 is 0 Å². The zero-order valence-electron chi connectivity index (χ0n) is 7.68. The molecule has 2 atom stereocenters. The average Bonchev–Trinajstić information content (AvgIpc) is 2.42. The van der Waals surface area contributed by atoms with Crippen molar-refractivity contribution in [3.05, 3.63) is 17.5 Å². The maximum Gasteiger partial charge on any atom is 0.109 e. The van der Waals surface area contributed by atoms with Crippen LogP contribution in [-0.2, 0) is 7.05 Å². The van der Waals surface area contributed by atoms with E-state index in [0.29, 0.717) is 5.56 Å². The standard InChI is InChI=1S/C8H14N2O2S/c1-5-6(3-10(2)9-5)8(12)7(11)4-13/h3,7-8,11-13H,4H2,1-2H3. The molecule has 0 aliphatic rings. The summed E-state index contributed by atoms with van der Waals surface area (Å²) in [5.41, 5.74) is 1.39. The van der Waals surface area contributed by atoms with Crippen LogP contribution in [0.25, 0.3) is 0 Å². The number of hydrogen-bond donors (Lipinski definition) is 3. The van der Waals surface area contributed by atoms with Crippen molar-refractivity contribution in [2.75, 3.05) is 5.75 Å². The Hall–Kier alpha value is -0.520. The third-order valence-electron chi connectivity index (χ3n) is 1.92. The van der Waals surface area contributed by atoms with Crippen LogP contribution in [0.5, 0.6) is 0 Å². The summed E-state index contributed by atoms with van der Waals surface area (Å²) in [7, 11) is 1.77. The molecule has 4 nitrogen and oxygen atoms in total. The van der Waals surface area contributed by atoms with E-state index in [4.69, 9.17) is 0 Å². The topological polar surface area (TPSA) is 58.3 Å². The van der Waals surface area contributed by atoms with Gasteiger partial charge in [0.05, 0.1) is 11.8 Å². The van der Waals surface area contributed by atoms with Crippen molar-refractivity contribution in [2.24, 2.45) is 7.05 Å². The molecule has 1 aromatic heterocycles. The van der Waals surface area contributed by atoms with Crippen LogP contribution >= 0.6 is 12.6 Å². The van der Waals surface area contributed by atoms with E-state index in [0.717, 1.165) is 5.69 Å². The first kappa shape index (κ1) is 10.6. The van der Waals surface area contributed by atoms with E-state index in [2.05, 4.69) is 17.7 Å². The summed E-state index contributed by atoms with van der Waals surface area (Å²) in [6.07, 6.45) is -0.0374. The van der Waals surface area contributed by atoms with Gasteiger partial charge in [-0.25, -0.2) is 0 Å². The first-order chi connectivity index (χ1) is 6.06. The van der Waals surface area contributed by atoms with Crippen molar-refractivity contribution in [3.63, 3.8) is 0 Å². The largest absolute Gasteiger partial charge is 0.389 e. The monoisotopic (exact) mass is 202 g/mol. The predicted molar refractivity (Wildman–Crippen MR) is 52.8 cm³/mol. The van der Waals surface area contributed by atoms with Crippen molar-refractivity contribution in [1.29, 1.82) is 0 Å². The number of hydrogen-bond acceptors (Lipinski definition) is 4. The summed E-state index contributed by atoms with van der Waals surface area (Å²) in [6.45, 7) is 1.80. The van der Waals surface area contributed by atoms with Gasteiger partial charge in [-0.05, 0) is 6.92 Å². The summed E-state index contributed by atoms with van der Waals surface area (Å²) in [4.78, 5) is 0. The van der Waals surface area contributed by atoms with Crippen molar-refractivity contribution >= 4 is 12.6 Å². The number of thiol groups is 1. The lowest BCUT2D eigenvalue weighted by Gasteiger charge is -2.14. The lowest BCUT2D eigenvalue weighted by molar-refractivity contribution is 0.0333. The molecular formula is C8H14N2O2S. The van der Waals surface area contributed by atoms with Gasteiger partial charge in [-0.3, -0.25) is 4.68 Å².